The molecule has 0 aliphatic rings. The summed E-state index contributed by atoms with van der Waals surface area (Å²) < 4.78 is 27.1. The van der Waals surface area contributed by atoms with Gasteiger partial charge in [0, 0.05) is 63.7 Å². The largest absolute Gasteiger partial charge is 0.496 e. The molecule has 2 atom stereocenters. The van der Waals surface area contributed by atoms with Crippen molar-refractivity contribution in [3.63, 3.8) is 0 Å². The Bertz CT molecular complexity index is 3130. The highest BCUT2D eigenvalue weighted by atomic mass is 35.5. The number of methoxy groups -OCH3 is 2. The van der Waals surface area contributed by atoms with Gasteiger partial charge in [-0.3, -0.25) is 0 Å². The summed E-state index contributed by atoms with van der Waals surface area (Å²) in [5, 5.41) is 44.5. The number of imidazole rings is 2. The third-order valence-corrected chi connectivity index (χ3v) is 15.9. The molecule has 0 bridgehead atoms. The first-order valence-corrected chi connectivity index (χ1v) is 30.5. The van der Waals surface area contributed by atoms with Gasteiger partial charge >= 0.3 is 0 Å². The number of rotatable bonds is 16. The van der Waals surface area contributed by atoms with E-state index >= 15 is 0 Å². The van der Waals surface area contributed by atoms with E-state index in [2.05, 4.69) is 61.4 Å². The van der Waals surface area contributed by atoms with Crippen molar-refractivity contribution in [2.75, 3.05) is 27.4 Å². The molecule has 0 saturated carbocycles. The number of aliphatic hydroxyl groups is 2. The molecule has 0 amide bonds. The standard InChI is InChI=1S/2C25H29ClN4O3Si/c1-15-10-20(32-2)22(21-17(26)13-28-23(15)21)24(31)25-29-18-11-16(12-27)6-7-19(18)30(25)14-33-8-9-34(3,4)5;1-15-10-20(32-2)22(21-17(26)13-28-23(15)21)24(31)25-29-18-7-6-16(12-27)11-19(18)30(25)14-33-8-9-34(3,4)5/h2*6-7,10-11,13,24,28,31H,8-9,14H2,1-5H3. The molecule has 8 rings (SSSR count). The molecular formula is C50H58Cl2N8O6Si2. The van der Waals surface area contributed by atoms with Crippen molar-refractivity contribution >= 4 is 83.2 Å². The van der Waals surface area contributed by atoms with E-state index in [1.807, 2.05) is 41.2 Å². The van der Waals surface area contributed by atoms with Crippen LogP contribution < -0.4 is 9.47 Å². The number of hydrogen-bond donors (Lipinski definition) is 4. The van der Waals surface area contributed by atoms with Gasteiger partial charge in [0.2, 0.25) is 0 Å². The number of aryl methyl sites for hydroxylation is 2. The molecule has 0 radical (unpaired) electrons. The van der Waals surface area contributed by atoms with Crippen LogP contribution in [0.4, 0.5) is 0 Å². The number of H-pyrrole nitrogens is 2. The second-order valence-electron chi connectivity index (χ2n) is 19.3. The second-order valence-corrected chi connectivity index (χ2v) is 31.4. The first kappa shape index (κ1) is 50.2. The van der Waals surface area contributed by atoms with Crippen molar-refractivity contribution in [2.45, 2.75) is 90.9 Å². The number of aromatic amines is 2. The van der Waals surface area contributed by atoms with Crippen LogP contribution in [0.25, 0.3) is 43.9 Å². The van der Waals surface area contributed by atoms with Crippen molar-refractivity contribution in [1.29, 1.82) is 10.5 Å². The van der Waals surface area contributed by atoms with Crippen LogP contribution in [0.15, 0.2) is 60.9 Å². The molecule has 356 valence electrons. The van der Waals surface area contributed by atoms with Gasteiger partial charge in [0.1, 0.15) is 48.8 Å². The topological polar surface area (TPSA) is 192 Å². The molecule has 0 saturated heterocycles. The van der Waals surface area contributed by atoms with Crippen molar-refractivity contribution < 1.29 is 29.2 Å². The molecular weight excluding hydrogens is 936 g/mol. The SMILES string of the molecule is COc1cc(C)c2[nH]cc(Cl)c2c1C(O)c1nc2cc(C#N)ccc2n1COCC[Si](C)(C)C.COc1cc(C)c2[nH]cc(Cl)c2c1C(O)c1nc2ccc(C#N)cc2n1COCC[Si](C)(C)C. The third kappa shape index (κ3) is 10.5. The van der Waals surface area contributed by atoms with E-state index in [-0.39, 0.29) is 13.5 Å². The maximum absolute atomic E-state index is 11.7. The van der Waals surface area contributed by atoms with E-state index < -0.39 is 28.4 Å². The fraction of sp³-hybridized carbons (Fsp3) is 0.360. The molecule has 4 N–H and O–H groups in total. The zero-order chi connectivity index (χ0) is 49.2. The Morgan fingerprint density at radius 3 is 1.54 bits per heavy atom. The maximum Gasteiger partial charge on any atom is 0.145 e. The summed E-state index contributed by atoms with van der Waals surface area (Å²) in [5.41, 5.74) is 8.46. The fourth-order valence-electron chi connectivity index (χ4n) is 8.21. The normalized spacial score (nSPS) is 12.9. The third-order valence-electron chi connectivity index (χ3n) is 11.9. The number of fused-ring (bicyclic) bond motifs is 4. The predicted molar refractivity (Wildman–Crippen MR) is 274 cm³/mol. The van der Waals surface area contributed by atoms with E-state index in [1.165, 1.54) is 0 Å². The molecule has 0 fully saturated rings. The van der Waals surface area contributed by atoms with E-state index in [1.54, 1.807) is 56.9 Å². The maximum atomic E-state index is 11.7. The molecule has 4 aromatic heterocycles. The summed E-state index contributed by atoms with van der Waals surface area (Å²) in [6.07, 6.45) is 1.14. The van der Waals surface area contributed by atoms with E-state index in [0.717, 1.165) is 45.3 Å². The van der Waals surface area contributed by atoms with Crippen LogP contribution >= 0.6 is 23.2 Å². The van der Waals surface area contributed by atoms with Gasteiger partial charge in [0.15, 0.2) is 0 Å². The van der Waals surface area contributed by atoms with Crippen LogP contribution in [0, 0.1) is 36.5 Å². The lowest BCUT2D eigenvalue weighted by atomic mass is 9.99. The summed E-state index contributed by atoms with van der Waals surface area (Å²) in [7, 11) is 0.627. The van der Waals surface area contributed by atoms with Crippen molar-refractivity contribution in [1.82, 2.24) is 29.1 Å². The van der Waals surface area contributed by atoms with Crippen LogP contribution in [0.2, 0.25) is 61.4 Å². The number of hydrogen-bond acceptors (Lipinski definition) is 10. The Labute approximate surface area is 408 Å². The van der Waals surface area contributed by atoms with Gasteiger partial charge in [-0.1, -0.05) is 62.5 Å². The van der Waals surface area contributed by atoms with E-state index in [9.17, 15) is 20.7 Å². The first-order valence-electron chi connectivity index (χ1n) is 22.3. The predicted octanol–water partition coefficient (Wildman–Crippen LogP) is 11.5. The molecule has 4 heterocycles. The zero-order valence-corrected chi connectivity index (χ0v) is 43.6. The molecule has 14 nitrogen and oxygen atoms in total. The van der Waals surface area contributed by atoms with Crippen LogP contribution in [-0.4, -0.2) is 82.9 Å². The minimum Gasteiger partial charge on any atom is -0.496 e. The minimum atomic E-state index is -1.26. The number of benzene rings is 4. The van der Waals surface area contributed by atoms with Gasteiger partial charge in [0.05, 0.1) is 80.6 Å². The highest BCUT2D eigenvalue weighted by Crippen LogP contribution is 2.43. The first-order chi connectivity index (χ1) is 32.3. The number of nitrogens with zero attached hydrogens (tertiary/aromatic N) is 6. The van der Waals surface area contributed by atoms with Gasteiger partial charge in [-0.05, 0) is 85.6 Å². The summed E-state index contributed by atoms with van der Waals surface area (Å²) in [4.78, 5) is 15.8. The van der Waals surface area contributed by atoms with E-state index in [4.69, 9.17) is 52.1 Å². The molecule has 0 spiro atoms. The second kappa shape index (κ2) is 20.5. The molecule has 4 aromatic carbocycles. The number of aliphatic hydroxyl groups excluding tert-OH is 2. The van der Waals surface area contributed by atoms with Gasteiger partial charge < -0.3 is 48.3 Å². The van der Waals surface area contributed by atoms with Crippen LogP contribution in [0.1, 0.15) is 57.2 Å². The van der Waals surface area contributed by atoms with Crippen molar-refractivity contribution in [3.8, 4) is 23.6 Å². The van der Waals surface area contributed by atoms with Gasteiger partial charge in [-0.25, -0.2) is 9.97 Å². The number of halogens is 2. The minimum absolute atomic E-state index is 0.209. The Morgan fingerprint density at radius 2 is 1.09 bits per heavy atom. The highest BCUT2D eigenvalue weighted by Gasteiger charge is 2.30. The molecule has 18 heteroatoms. The molecule has 0 aliphatic carbocycles. The summed E-state index contributed by atoms with van der Waals surface area (Å²) in [5.74, 6) is 1.85. The number of ether oxygens (including phenoxy) is 4. The summed E-state index contributed by atoms with van der Waals surface area (Å²) in [6.45, 7) is 19.4. The fourth-order valence-corrected chi connectivity index (χ4v) is 10.2. The lowest BCUT2D eigenvalue weighted by molar-refractivity contribution is 0.0813. The average molecular weight is 994 g/mol. The monoisotopic (exact) mass is 992 g/mol. The number of nitriles is 2. The number of nitrogens with one attached hydrogen (secondary N) is 2. The molecule has 68 heavy (non-hydrogen) atoms. The van der Waals surface area contributed by atoms with Gasteiger partial charge in [-0.15, -0.1) is 0 Å². The highest BCUT2D eigenvalue weighted by molar-refractivity contribution is 6.76. The number of aromatic nitrogens is 6. The lowest BCUT2D eigenvalue weighted by Crippen LogP contribution is -2.22. The van der Waals surface area contributed by atoms with Crippen molar-refractivity contribution in [2.24, 2.45) is 0 Å². The summed E-state index contributed by atoms with van der Waals surface area (Å²) in [6, 6.07) is 20.7. The van der Waals surface area contributed by atoms with Crippen LogP contribution in [0.5, 0.6) is 11.5 Å². The van der Waals surface area contributed by atoms with Gasteiger partial charge in [-0.2, -0.15) is 10.5 Å². The molecule has 2 unspecified atom stereocenters. The van der Waals surface area contributed by atoms with E-state index in [0.29, 0.717) is 90.5 Å². The van der Waals surface area contributed by atoms with Gasteiger partial charge in [0.25, 0.3) is 0 Å². The Morgan fingerprint density at radius 1 is 0.647 bits per heavy atom. The Kier molecular flexibility index (Phi) is 15.1. The Balaban J connectivity index is 0.000000201. The Hall–Kier alpha value is -5.67. The summed E-state index contributed by atoms with van der Waals surface area (Å²) >= 11 is 13.1. The van der Waals surface area contributed by atoms with Crippen LogP contribution in [-0.2, 0) is 22.9 Å². The molecule has 8 aromatic rings. The van der Waals surface area contributed by atoms with Crippen LogP contribution in [0.3, 0.4) is 0 Å². The van der Waals surface area contributed by atoms with Crippen molar-refractivity contribution in [3.05, 3.63) is 116 Å². The smallest absolute Gasteiger partial charge is 0.145 e. The quantitative estimate of drug-likeness (QED) is 0.0535. The lowest BCUT2D eigenvalue weighted by Gasteiger charge is -2.20. The molecule has 0 aliphatic heterocycles. The average Bonchev–Trinajstić information content (AvgIpc) is 4.08. The zero-order valence-electron chi connectivity index (χ0n) is 40.1.